The number of hydrogen-bond donors (Lipinski definition) is 2. The van der Waals surface area contributed by atoms with Gasteiger partial charge in [0.15, 0.2) is 5.65 Å². The highest BCUT2D eigenvalue weighted by atomic mass is 16.2. The Bertz CT molecular complexity index is 1570. The molecule has 0 aliphatic carbocycles. The maximum Gasteiger partial charge on any atom is 0.276 e. The van der Waals surface area contributed by atoms with Crippen molar-refractivity contribution in [3.8, 4) is 11.3 Å². The molecule has 4 heterocycles. The van der Waals surface area contributed by atoms with Crippen molar-refractivity contribution in [1.29, 1.82) is 0 Å². The van der Waals surface area contributed by atoms with E-state index in [1.54, 1.807) is 4.90 Å². The van der Waals surface area contributed by atoms with Gasteiger partial charge in [-0.1, -0.05) is 48.9 Å². The van der Waals surface area contributed by atoms with E-state index >= 15 is 0 Å². The first kappa shape index (κ1) is 26.0. The van der Waals surface area contributed by atoms with Crippen LogP contribution in [0.25, 0.3) is 16.9 Å². The molecule has 0 bridgehead atoms. The molecule has 0 saturated carbocycles. The summed E-state index contributed by atoms with van der Waals surface area (Å²) in [6.45, 7) is 3.93. The average molecular weight is 539 g/mol. The van der Waals surface area contributed by atoms with Gasteiger partial charge in [-0.2, -0.15) is 0 Å². The van der Waals surface area contributed by atoms with Crippen LogP contribution in [0.4, 0.5) is 5.69 Å². The van der Waals surface area contributed by atoms with E-state index in [1.165, 1.54) is 29.3 Å². The van der Waals surface area contributed by atoms with Crippen LogP contribution in [-0.4, -0.2) is 55.8 Å². The summed E-state index contributed by atoms with van der Waals surface area (Å²) in [6, 6.07) is 19.6. The Morgan fingerprint density at radius 1 is 0.925 bits per heavy atom. The van der Waals surface area contributed by atoms with Crippen molar-refractivity contribution in [2.45, 2.75) is 51.6 Å². The molecule has 2 aliphatic heterocycles. The summed E-state index contributed by atoms with van der Waals surface area (Å²) in [5.41, 5.74) is 5.40. The Hall–Kier alpha value is -4.24. The molecular weight excluding hydrogens is 504 g/mol. The van der Waals surface area contributed by atoms with Crippen LogP contribution in [0.1, 0.15) is 48.9 Å². The fourth-order valence-electron chi connectivity index (χ4n) is 5.64. The van der Waals surface area contributed by atoms with Gasteiger partial charge < -0.3 is 10.2 Å². The van der Waals surface area contributed by atoms with Crippen LogP contribution < -0.4 is 10.9 Å². The number of carbonyl (C=O) groups excluding carboxylic acids is 2. The molecule has 0 radical (unpaired) electrons. The monoisotopic (exact) mass is 538 g/mol. The Labute approximate surface area is 232 Å². The second kappa shape index (κ2) is 11.5. The lowest BCUT2D eigenvalue weighted by atomic mass is 10.1. The second-order valence-corrected chi connectivity index (χ2v) is 10.7. The normalized spacial score (nSPS) is 15.7. The molecule has 2 aromatic heterocycles. The predicted octanol–water partition coefficient (Wildman–Crippen LogP) is 3.98. The largest absolute Gasteiger partial charge is 0.336 e. The van der Waals surface area contributed by atoms with E-state index in [-0.39, 0.29) is 36.8 Å². The van der Waals surface area contributed by atoms with Gasteiger partial charge >= 0.3 is 0 Å². The first-order valence-corrected chi connectivity index (χ1v) is 14.1. The number of H-pyrrole nitrogens is 1. The molecule has 206 valence electrons. The number of amides is 2. The zero-order valence-electron chi connectivity index (χ0n) is 22.6. The van der Waals surface area contributed by atoms with Crippen molar-refractivity contribution >= 4 is 23.1 Å². The van der Waals surface area contributed by atoms with Crippen molar-refractivity contribution in [2.24, 2.45) is 0 Å². The molecule has 2 amide bonds. The maximum absolute atomic E-state index is 13.1. The molecule has 9 heteroatoms. The molecule has 1 saturated heterocycles. The van der Waals surface area contributed by atoms with Crippen LogP contribution in [0.2, 0.25) is 0 Å². The number of piperidine rings is 1. The molecule has 1 fully saturated rings. The number of aromatic amines is 1. The molecule has 4 aromatic rings. The second-order valence-electron chi connectivity index (χ2n) is 10.7. The van der Waals surface area contributed by atoms with E-state index in [1.807, 2.05) is 48.5 Å². The van der Waals surface area contributed by atoms with Crippen LogP contribution in [0.3, 0.4) is 0 Å². The lowest BCUT2D eigenvalue weighted by molar-refractivity contribution is -0.133. The number of likely N-dealkylation sites (tertiary alicyclic amines) is 1. The Balaban J connectivity index is 1.04. The lowest BCUT2D eigenvalue weighted by Gasteiger charge is -2.27. The van der Waals surface area contributed by atoms with Gasteiger partial charge in [0.1, 0.15) is 0 Å². The molecular formula is C31H34N6O3. The van der Waals surface area contributed by atoms with Crippen molar-refractivity contribution < 1.29 is 9.59 Å². The summed E-state index contributed by atoms with van der Waals surface area (Å²) in [5.74, 6) is -0.299. The number of nitrogens with one attached hydrogen (secondary N) is 2. The molecule has 6 rings (SSSR count). The van der Waals surface area contributed by atoms with Gasteiger partial charge in [0.2, 0.25) is 11.8 Å². The van der Waals surface area contributed by atoms with Gasteiger partial charge in [-0.3, -0.25) is 24.4 Å². The minimum Gasteiger partial charge on any atom is -0.336 e. The molecule has 0 atom stereocenters. The van der Waals surface area contributed by atoms with Gasteiger partial charge in [0, 0.05) is 43.2 Å². The summed E-state index contributed by atoms with van der Waals surface area (Å²) in [7, 11) is 0. The van der Waals surface area contributed by atoms with E-state index in [0.717, 1.165) is 36.6 Å². The van der Waals surface area contributed by atoms with E-state index < -0.39 is 0 Å². The van der Waals surface area contributed by atoms with Crippen LogP contribution in [0.5, 0.6) is 0 Å². The number of rotatable bonds is 7. The summed E-state index contributed by atoms with van der Waals surface area (Å²) >= 11 is 0. The highest BCUT2D eigenvalue weighted by Gasteiger charge is 2.25. The first-order chi connectivity index (χ1) is 19.5. The molecule has 0 unspecified atom stereocenters. The predicted molar refractivity (Wildman–Crippen MR) is 154 cm³/mol. The number of carbonyl (C=O) groups is 2. The molecule has 0 spiro atoms. The zero-order chi connectivity index (χ0) is 27.5. The van der Waals surface area contributed by atoms with Gasteiger partial charge in [0.05, 0.1) is 17.9 Å². The highest BCUT2D eigenvalue weighted by molar-refractivity contribution is 5.93. The quantitative estimate of drug-likeness (QED) is 0.371. The third-order valence-electron chi connectivity index (χ3n) is 7.86. The summed E-state index contributed by atoms with van der Waals surface area (Å²) < 4.78 is 1.48. The SMILES string of the molecule is O=C(CCC(=O)N1CCc2c(nc3cc(-c4ccccc4)[nH]n3c2=O)C1)Nc1ccc(CN2CCCCC2)cc1. The number of hydrogen-bond acceptors (Lipinski definition) is 5. The number of aromatic nitrogens is 3. The van der Waals surface area contributed by atoms with Gasteiger partial charge in [-0.05, 0) is 55.6 Å². The Morgan fingerprint density at radius 3 is 2.48 bits per heavy atom. The van der Waals surface area contributed by atoms with E-state index in [9.17, 15) is 14.4 Å². The molecule has 2 N–H and O–H groups in total. The van der Waals surface area contributed by atoms with E-state index in [2.05, 4.69) is 27.4 Å². The molecule has 9 nitrogen and oxygen atoms in total. The van der Waals surface area contributed by atoms with Crippen molar-refractivity contribution in [1.82, 2.24) is 24.4 Å². The maximum atomic E-state index is 13.1. The van der Waals surface area contributed by atoms with Crippen LogP contribution in [-0.2, 0) is 29.1 Å². The topological polar surface area (TPSA) is 103 Å². The molecule has 2 aliphatic rings. The van der Waals surface area contributed by atoms with Gasteiger partial charge in [-0.25, -0.2) is 9.50 Å². The van der Waals surface area contributed by atoms with E-state index in [0.29, 0.717) is 29.9 Å². The van der Waals surface area contributed by atoms with E-state index in [4.69, 9.17) is 4.98 Å². The minimum atomic E-state index is -0.187. The fraction of sp³-hybridized carbons (Fsp3) is 0.355. The standard InChI is InChI=1S/C31H34N6O3/c38-29(32-24-11-9-22(10-12-24)20-35-16-5-2-6-17-35)13-14-30(39)36-18-15-25-27(21-36)33-28-19-26(34-37(28)31(25)40)23-7-3-1-4-8-23/h1,3-4,7-12,19,34H,2,5-6,13-18,20-21H2,(H,32,38). The van der Waals surface area contributed by atoms with Crippen molar-refractivity contribution in [3.63, 3.8) is 0 Å². The first-order valence-electron chi connectivity index (χ1n) is 14.1. The third kappa shape index (κ3) is 5.70. The summed E-state index contributed by atoms with van der Waals surface area (Å²) in [6.07, 6.45) is 4.49. The summed E-state index contributed by atoms with van der Waals surface area (Å²) in [5, 5.41) is 6.06. The Morgan fingerprint density at radius 2 is 1.70 bits per heavy atom. The Kier molecular flexibility index (Phi) is 7.46. The molecule has 2 aromatic carbocycles. The molecule has 40 heavy (non-hydrogen) atoms. The number of benzene rings is 2. The highest BCUT2D eigenvalue weighted by Crippen LogP contribution is 2.21. The summed E-state index contributed by atoms with van der Waals surface area (Å²) in [4.78, 5) is 47.5. The minimum absolute atomic E-state index is 0.102. The van der Waals surface area contributed by atoms with Gasteiger partial charge in [0.25, 0.3) is 5.56 Å². The smallest absolute Gasteiger partial charge is 0.276 e. The number of nitrogens with zero attached hydrogens (tertiary/aromatic N) is 4. The fourth-order valence-corrected chi connectivity index (χ4v) is 5.64. The number of anilines is 1. The van der Waals surface area contributed by atoms with Crippen LogP contribution in [0, 0.1) is 0 Å². The average Bonchev–Trinajstić information content (AvgIpc) is 3.42. The van der Waals surface area contributed by atoms with Crippen LogP contribution >= 0.6 is 0 Å². The van der Waals surface area contributed by atoms with Crippen molar-refractivity contribution in [3.05, 3.63) is 87.8 Å². The zero-order valence-corrected chi connectivity index (χ0v) is 22.6. The van der Waals surface area contributed by atoms with Crippen molar-refractivity contribution in [2.75, 3.05) is 25.0 Å². The third-order valence-corrected chi connectivity index (χ3v) is 7.86. The number of fused-ring (bicyclic) bond motifs is 2. The van der Waals surface area contributed by atoms with Gasteiger partial charge in [-0.15, -0.1) is 0 Å². The lowest BCUT2D eigenvalue weighted by Crippen LogP contribution is -2.40. The van der Waals surface area contributed by atoms with Crippen LogP contribution in [0.15, 0.2) is 65.5 Å².